The number of aromatic nitrogens is 3. The Morgan fingerprint density at radius 1 is 1.27 bits per heavy atom. The number of hydrogen-bond donors (Lipinski definition) is 2. The van der Waals surface area contributed by atoms with Gasteiger partial charge in [-0.15, -0.1) is 5.10 Å². The van der Waals surface area contributed by atoms with E-state index in [2.05, 4.69) is 15.6 Å². The van der Waals surface area contributed by atoms with Gasteiger partial charge in [-0.2, -0.15) is 0 Å². The minimum Gasteiger partial charge on any atom is -0.494 e. The molecule has 0 saturated heterocycles. The fourth-order valence-corrected chi connectivity index (χ4v) is 1.68. The Kier molecular flexibility index (Phi) is 5.47. The Morgan fingerprint density at radius 3 is 2.73 bits per heavy atom. The van der Waals surface area contributed by atoms with Gasteiger partial charge in [0.1, 0.15) is 12.3 Å². The molecule has 1 aromatic heterocycles. The Balaban J connectivity index is 1.62. The molecule has 0 aliphatic heterocycles. The lowest BCUT2D eigenvalue weighted by Gasteiger charge is -2.07. The van der Waals surface area contributed by atoms with Crippen molar-refractivity contribution in [3.63, 3.8) is 0 Å². The maximum Gasteiger partial charge on any atom is 0.358 e. The first-order chi connectivity index (χ1) is 10.6. The molecule has 0 atom stereocenters. The number of benzene rings is 1. The van der Waals surface area contributed by atoms with Gasteiger partial charge in [-0.3, -0.25) is 4.79 Å². The Labute approximate surface area is 126 Å². The van der Waals surface area contributed by atoms with Crippen LogP contribution in [0.25, 0.3) is 0 Å². The summed E-state index contributed by atoms with van der Waals surface area (Å²) in [6.07, 6.45) is 1.87. The van der Waals surface area contributed by atoms with Gasteiger partial charge in [0.25, 0.3) is 0 Å². The third-order valence-electron chi connectivity index (χ3n) is 2.72. The van der Waals surface area contributed by atoms with Crippen LogP contribution in [0.3, 0.4) is 0 Å². The van der Waals surface area contributed by atoms with E-state index in [0.717, 1.165) is 5.75 Å². The fourth-order valence-electron chi connectivity index (χ4n) is 1.68. The quantitative estimate of drug-likeness (QED) is 0.690. The van der Waals surface area contributed by atoms with Crippen LogP contribution in [0.4, 0.5) is 0 Å². The minimum atomic E-state index is -1.18. The monoisotopic (exact) mass is 304 g/mol. The number of hydrogen-bond acceptors (Lipinski definition) is 5. The van der Waals surface area contributed by atoms with Gasteiger partial charge in [-0.1, -0.05) is 23.4 Å². The fraction of sp³-hybridized carbons (Fsp3) is 0.286. The lowest BCUT2D eigenvalue weighted by atomic mass is 10.3. The second-order valence-corrected chi connectivity index (χ2v) is 4.47. The molecule has 0 radical (unpaired) electrons. The summed E-state index contributed by atoms with van der Waals surface area (Å²) in [5.41, 5.74) is -0.191. The first-order valence-corrected chi connectivity index (χ1v) is 6.73. The van der Waals surface area contributed by atoms with Gasteiger partial charge in [0.15, 0.2) is 5.69 Å². The molecule has 0 aliphatic rings. The van der Waals surface area contributed by atoms with Crippen LogP contribution in [-0.2, 0) is 11.3 Å². The zero-order valence-electron chi connectivity index (χ0n) is 11.8. The van der Waals surface area contributed by atoms with Crippen molar-refractivity contribution in [3.05, 3.63) is 42.2 Å². The van der Waals surface area contributed by atoms with Crippen LogP contribution in [0, 0.1) is 0 Å². The predicted molar refractivity (Wildman–Crippen MR) is 76.5 cm³/mol. The first-order valence-electron chi connectivity index (χ1n) is 6.73. The second-order valence-electron chi connectivity index (χ2n) is 4.47. The molecule has 2 aromatic rings. The summed E-state index contributed by atoms with van der Waals surface area (Å²) in [6, 6.07) is 9.42. The Hall–Kier alpha value is -2.90. The van der Waals surface area contributed by atoms with Gasteiger partial charge in [-0.05, 0) is 18.6 Å². The van der Waals surface area contributed by atoms with E-state index in [-0.39, 0.29) is 18.1 Å². The molecule has 0 spiro atoms. The molecule has 1 amide bonds. The number of amides is 1. The molecule has 8 heteroatoms. The van der Waals surface area contributed by atoms with Crippen molar-refractivity contribution in [1.29, 1.82) is 0 Å². The van der Waals surface area contributed by atoms with Crippen molar-refractivity contribution in [2.45, 2.75) is 13.0 Å². The van der Waals surface area contributed by atoms with Gasteiger partial charge in [0.2, 0.25) is 5.91 Å². The molecule has 2 N–H and O–H groups in total. The number of rotatable bonds is 8. The summed E-state index contributed by atoms with van der Waals surface area (Å²) in [6.45, 7) is 0.892. The van der Waals surface area contributed by atoms with E-state index in [1.165, 1.54) is 10.9 Å². The molecule has 22 heavy (non-hydrogen) atoms. The molecule has 1 aromatic carbocycles. The van der Waals surface area contributed by atoms with Crippen molar-refractivity contribution < 1.29 is 19.4 Å². The number of carbonyl (C=O) groups excluding carboxylic acids is 1. The van der Waals surface area contributed by atoms with E-state index in [4.69, 9.17) is 9.84 Å². The van der Waals surface area contributed by atoms with Gasteiger partial charge in [0.05, 0.1) is 12.8 Å². The van der Waals surface area contributed by atoms with Gasteiger partial charge in [0, 0.05) is 6.54 Å². The Morgan fingerprint density at radius 2 is 2.05 bits per heavy atom. The van der Waals surface area contributed by atoms with Crippen molar-refractivity contribution >= 4 is 11.9 Å². The molecule has 0 unspecified atom stereocenters. The predicted octanol–water partition coefficient (Wildman–Crippen LogP) is 0.562. The number of ether oxygens (including phenoxy) is 1. The molecule has 0 aliphatic carbocycles. The van der Waals surface area contributed by atoms with E-state index >= 15 is 0 Å². The average molecular weight is 304 g/mol. The molecule has 1 heterocycles. The van der Waals surface area contributed by atoms with Crippen LogP contribution in [-0.4, -0.2) is 45.1 Å². The van der Waals surface area contributed by atoms with Gasteiger partial charge in [-0.25, -0.2) is 9.48 Å². The zero-order valence-corrected chi connectivity index (χ0v) is 11.8. The highest BCUT2D eigenvalue weighted by Gasteiger charge is 2.10. The van der Waals surface area contributed by atoms with Crippen molar-refractivity contribution in [1.82, 2.24) is 20.3 Å². The smallest absolute Gasteiger partial charge is 0.358 e. The summed E-state index contributed by atoms with van der Waals surface area (Å²) >= 11 is 0. The third-order valence-corrected chi connectivity index (χ3v) is 2.72. The number of para-hydroxylation sites is 1. The summed E-state index contributed by atoms with van der Waals surface area (Å²) in [5, 5.41) is 18.4. The molecule has 8 nitrogen and oxygen atoms in total. The topological polar surface area (TPSA) is 106 Å². The molecule has 0 bridgehead atoms. The SMILES string of the molecule is O=C(Cn1cc(C(=O)O)nn1)NCCCOc1ccccc1. The highest BCUT2D eigenvalue weighted by molar-refractivity contribution is 5.84. The average Bonchev–Trinajstić information content (AvgIpc) is 2.96. The van der Waals surface area contributed by atoms with Gasteiger partial charge < -0.3 is 15.2 Å². The van der Waals surface area contributed by atoms with Crippen molar-refractivity contribution in [2.24, 2.45) is 0 Å². The number of nitrogens with one attached hydrogen (secondary N) is 1. The van der Waals surface area contributed by atoms with Crippen LogP contribution >= 0.6 is 0 Å². The largest absolute Gasteiger partial charge is 0.494 e. The molecule has 0 saturated carbocycles. The van der Waals surface area contributed by atoms with E-state index in [1.807, 2.05) is 30.3 Å². The van der Waals surface area contributed by atoms with Crippen LogP contribution in [0.2, 0.25) is 0 Å². The van der Waals surface area contributed by atoms with Crippen LogP contribution in [0.5, 0.6) is 5.75 Å². The lowest BCUT2D eigenvalue weighted by Crippen LogP contribution is -2.29. The number of aromatic carboxylic acids is 1. The molecule has 0 fully saturated rings. The van der Waals surface area contributed by atoms with Crippen LogP contribution in [0.15, 0.2) is 36.5 Å². The maximum absolute atomic E-state index is 11.6. The summed E-state index contributed by atoms with van der Waals surface area (Å²) in [5.74, 6) is -0.649. The normalized spacial score (nSPS) is 10.2. The third kappa shape index (κ3) is 4.89. The maximum atomic E-state index is 11.6. The lowest BCUT2D eigenvalue weighted by molar-refractivity contribution is -0.121. The van der Waals surface area contributed by atoms with Crippen molar-refractivity contribution in [2.75, 3.05) is 13.2 Å². The Bertz CT molecular complexity index is 627. The van der Waals surface area contributed by atoms with E-state index in [1.54, 1.807) is 0 Å². The zero-order chi connectivity index (χ0) is 15.8. The standard InChI is InChI=1S/C14H16N4O4/c19-13(10-18-9-12(14(20)21)16-17-18)15-7-4-8-22-11-5-2-1-3-6-11/h1-3,5-6,9H,4,7-8,10H2,(H,15,19)(H,20,21). The van der Waals surface area contributed by atoms with Gasteiger partial charge >= 0.3 is 5.97 Å². The first kappa shape index (κ1) is 15.5. The number of nitrogens with zero attached hydrogens (tertiary/aromatic N) is 3. The highest BCUT2D eigenvalue weighted by Crippen LogP contribution is 2.07. The molecular formula is C14H16N4O4. The molecular weight excluding hydrogens is 288 g/mol. The van der Waals surface area contributed by atoms with E-state index in [9.17, 15) is 9.59 Å². The van der Waals surface area contributed by atoms with E-state index < -0.39 is 5.97 Å². The number of carbonyl (C=O) groups is 2. The number of carboxylic acids is 1. The highest BCUT2D eigenvalue weighted by atomic mass is 16.5. The number of carboxylic acid groups (broad SMARTS) is 1. The molecule has 2 rings (SSSR count). The van der Waals surface area contributed by atoms with Crippen LogP contribution < -0.4 is 10.1 Å². The summed E-state index contributed by atoms with van der Waals surface area (Å²) in [7, 11) is 0. The summed E-state index contributed by atoms with van der Waals surface area (Å²) < 4.78 is 6.67. The van der Waals surface area contributed by atoms with E-state index in [0.29, 0.717) is 19.6 Å². The minimum absolute atomic E-state index is 0.0696. The molecule has 116 valence electrons. The van der Waals surface area contributed by atoms with Crippen LogP contribution in [0.1, 0.15) is 16.9 Å². The van der Waals surface area contributed by atoms with Crippen molar-refractivity contribution in [3.8, 4) is 5.75 Å². The summed E-state index contributed by atoms with van der Waals surface area (Å²) in [4.78, 5) is 22.3. The second kappa shape index (κ2) is 7.77.